The van der Waals surface area contributed by atoms with Crippen molar-refractivity contribution in [3.05, 3.63) is 200 Å². The van der Waals surface area contributed by atoms with E-state index >= 15 is 0 Å². The van der Waals surface area contributed by atoms with Gasteiger partial charge in [-0.1, -0.05) is 158 Å². The first-order chi connectivity index (χ1) is 28.2. The molecular formula is C53H33N3O. The number of rotatable bonds is 6. The third-order valence-electron chi connectivity index (χ3n) is 10.9. The lowest BCUT2D eigenvalue weighted by atomic mass is 9.95. The van der Waals surface area contributed by atoms with E-state index in [1.54, 1.807) is 0 Å². The summed E-state index contributed by atoms with van der Waals surface area (Å²) in [4.78, 5) is 15.8. The van der Waals surface area contributed by atoms with E-state index in [9.17, 15) is 0 Å². The van der Waals surface area contributed by atoms with E-state index in [1.165, 1.54) is 11.1 Å². The van der Waals surface area contributed by atoms with Crippen molar-refractivity contribution in [3.63, 3.8) is 0 Å². The number of fused-ring (bicyclic) bond motifs is 5. The number of para-hydroxylation sites is 1. The van der Waals surface area contributed by atoms with Gasteiger partial charge in [0, 0.05) is 27.5 Å². The molecule has 0 bridgehead atoms. The largest absolute Gasteiger partial charge is 0.456 e. The molecule has 11 rings (SSSR count). The lowest BCUT2D eigenvalue weighted by molar-refractivity contribution is 0.669. The SMILES string of the molecule is c1ccc(-c2cccc(-c3cc(-c4nc(-c5ccc6ccccc6c5)nc(-c5ccc6cc(-c7ccccc7)ccc6c5)n4)c4c(c3)oc3ccccc34)c2)cc1. The molecule has 0 spiro atoms. The summed E-state index contributed by atoms with van der Waals surface area (Å²) in [7, 11) is 0. The van der Waals surface area contributed by atoms with E-state index in [2.05, 4.69) is 176 Å². The van der Waals surface area contributed by atoms with Gasteiger partial charge in [0.15, 0.2) is 17.5 Å². The molecule has 9 aromatic carbocycles. The molecule has 2 heterocycles. The zero-order valence-corrected chi connectivity index (χ0v) is 30.8. The monoisotopic (exact) mass is 727 g/mol. The Morgan fingerprint density at radius 3 is 1.47 bits per heavy atom. The van der Waals surface area contributed by atoms with E-state index in [1.807, 2.05) is 24.3 Å². The number of hydrogen-bond acceptors (Lipinski definition) is 4. The molecule has 266 valence electrons. The zero-order valence-electron chi connectivity index (χ0n) is 30.8. The molecule has 0 aliphatic carbocycles. The maximum atomic E-state index is 6.59. The van der Waals surface area contributed by atoms with Gasteiger partial charge >= 0.3 is 0 Å². The minimum absolute atomic E-state index is 0.584. The summed E-state index contributed by atoms with van der Waals surface area (Å²) in [6.07, 6.45) is 0. The van der Waals surface area contributed by atoms with Gasteiger partial charge in [-0.15, -0.1) is 0 Å². The summed E-state index contributed by atoms with van der Waals surface area (Å²) >= 11 is 0. The summed E-state index contributed by atoms with van der Waals surface area (Å²) in [5, 5.41) is 6.55. The molecule has 57 heavy (non-hydrogen) atoms. The van der Waals surface area contributed by atoms with Crippen molar-refractivity contribution in [1.29, 1.82) is 0 Å². The summed E-state index contributed by atoms with van der Waals surface area (Å²) in [5.74, 6) is 1.80. The predicted octanol–water partition coefficient (Wildman–Crippen LogP) is 14.1. The lowest BCUT2D eigenvalue weighted by Gasteiger charge is -2.12. The van der Waals surface area contributed by atoms with Crippen LogP contribution in [0.15, 0.2) is 205 Å². The summed E-state index contributed by atoms with van der Waals surface area (Å²) in [6.45, 7) is 0. The Morgan fingerprint density at radius 2 is 0.772 bits per heavy atom. The van der Waals surface area contributed by atoms with Crippen molar-refractivity contribution in [1.82, 2.24) is 15.0 Å². The van der Waals surface area contributed by atoms with E-state index in [0.717, 1.165) is 82.4 Å². The first kappa shape index (κ1) is 32.7. The molecular weight excluding hydrogens is 695 g/mol. The van der Waals surface area contributed by atoms with Crippen LogP contribution in [0.3, 0.4) is 0 Å². The molecule has 0 unspecified atom stereocenters. The van der Waals surface area contributed by atoms with Crippen molar-refractivity contribution >= 4 is 43.5 Å². The number of nitrogens with zero attached hydrogens (tertiary/aromatic N) is 3. The lowest BCUT2D eigenvalue weighted by Crippen LogP contribution is -2.01. The van der Waals surface area contributed by atoms with Crippen LogP contribution in [0, 0.1) is 0 Å². The van der Waals surface area contributed by atoms with Gasteiger partial charge in [0.2, 0.25) is 0 Å². The maximum Gasteiger partial charge on any atom is 0.164 e. The molecule has 0 saturated heterocycles. The Balaban J connectivity index is 1.13. The minimum atomic E-state index is 0.584. The van der Waals surface area contributed by atoms with Gasteiger partial charge in [-0.2, -0.15) is 0 Å². The van der Waals surface area contributed by atoms with Gasteiger partial charge in [0.25, 0.3) is 0 Å². The second-order valence-corrected chi connectivity index (χ2v) is 14.5. The maximum absolute atomic E-state index is 6.59. The standard InChI is InChI=1S/C53H33N3O/c1-3-12-34(13-4-1)38-18-11-19-39(28-38)45-32-47(50-46-20-9-10-21-48(46)57-49(50)33-45)53-55-51(43-26-22-36-16-7-8-17-37(36)30-43)54-52(56-53)44-27-25-41-29-40(23-24-42(41)31-44)35-14-5-2-6-15-35/h1-33H. The van der Waals surface area contributed by atoms with Gasteiger partial charge < -0.3 is 4.42 Å². The average Bonchev–Trinajstić information content (AvgIpc) is 3.67. The van der Waals surface area contributed by atoms with E-state index < -0.39 is 0 Å². The van der Waals surface area contributed by atoms with Crippen molar-refractivity contribution < 1.29 is 4.42 Å². The number of furan rings is 1. The highest BCUT2D eigenvalue weighted by atomic mass is 16.3. The highest BCUT2D eigenvalue weighted by molar-refractivity contribution is 6.13. The molecule has 0 aliphatic rings. The summed E-state index contributed by atoms with van der Waals surface area (Å²) < 4.78 is 6.59. The molecule has 0 amide bonds. The van der Waals surface area contributed by atoms with Crippen LogP contribution in [0.25, 0.3) is 111 Å². The van der Waals surface area contributed by atoms with Gasteiger partial charge in [-0.05, 0) is 97.4 Å². The minimum Gasteiger partial charge on any atom is -0.456 e. The van der Waals surface area contributed by atoms with Gasteiger partial charge in [0.05, 0.1) is 0 Å². The fourth-order valence-corrected chi connectivity index (χ4v) is 7.98. The van der Waals surface area contributed by atoms with E-state index in [-0.39, 0.29) is 0 Å². The summed E-state index contributed by atoms with van der Waals surface area (Å²) in [5.41, 5.74) is 11.1. The quantitative estimate of drug-likeness (QED) is 0.171. The zero-order chi connectivity index (χ0) is 37.7. The molecule has 0 saturated carbocycles. The molecule has 0 N–H and O–H groups in total. The first-order valence-electron chi connectivity index (χ1n) is 19.2. The van der Waals surface area contributed by atoms with Gasteiger partial charge in [0.1, 0.15) is 11.2 Å². The van der Waals surface area contributed by atoms with Crippen molar-refractivity contribution in [2.24, 2.45) is 0 Å². The molecule has 0 atom stereocenters. The molecule has 4 nitrogen and oxygen atoms in total. The summed E-state index contributed by atoms with van der Waals surface area (Å²) in [6, 6.07) is 70.0. The van der Waals surface area contributed by atoms with Gasteiger partial charge in [-0.3, -0.25) is 0 Å². The van der Waals surface area contributed by atoms with Crippen LogP contribution in [0.4, 0.5) is 0 Å². The van der Waals surface area contributed by atoms with Crippen molar-refractivity contribution in [2.45, 2.75) is 0 Å². The van der Waals surface area contributed by atoms with Crippen LogP contribution >= 0.6 is 0 Å². The van der Waals surface area contributed by atoms with Crippen LogP contribution in [-0.2, 0) is 0 Å². The van der Waals surface area contributed by atoms with Gasteiger partial charge in [-0.25, -0.2) is 15.0 Å². The number of hydrogen-bond donors (Lipinski definition) is 0. The van der Waals surface area contributed by atoms with Crippen LogP contribution in [0.5, 0.6) is 0 Å². The Labute approximate surface area is 329 Å². The van der Waals surface area contributed by atoms with Crippen molar-refractivity contribution in [2.75, 3.05) is 0 Å². The topological polar surface area (TPSA) is 51.8 Å². The molecule has 0 fully saturated rings. The number of benzene rings is 9. The molecule has 2 aromatic heterocycles. The third kappa shape index (κ3) is 6.01. The number of aromatic nitrogens is 3. The Morgan fingerprint density at radius 1 is 0.281 bits per heavy atom. The molecule has 11 aromatic rings. The second-order valence-electron chi connectivity index (χ2n) is 14.5. The normalized spacial score (nSPS) is 11.5. The fourth-order valence-electron chi connectivity index (χ4n) is 7.98. The first-order valence-corrected chi connectivity index (χ1v) is 19.2. The fraction of sp³-hybridized carbons (Fsp3) is 0. The molecule has 4 heteroatoms. The second kappa shape index (κ2) is 13.6. The highest BCUT2D eigenvalue weighted by Gasteiger charge is 2.20. The molecule has 0 radical (unpaired) electrons. The van der Waals surface area contributed by atoms with E-state index in [4.69, 9.17) is 19.4 Å². The Hall–Kier alpha value is -7.69. The Kier molecular flexibility index (Phi) is 7.78. The van der Waals surface area contributed by atoms with Crippen LogP contribution in [-0.4, -0.2) is 15.0 Å². The third-order valence-corrected chi connectivity index (χ3v) is 10.9. The van der Waals surface area contributed by atoms with E-state index in [0.29, 0.717) is 17.5 Å². The highest BCUT2D eigenvalue weighted by Crippen LogP contribution is 2.41. The molecule has 0 aliphatic heterocycles. The van der Waals surface area contributed by atoms with Crippen LogP contribution < -0.4 is 0 Å². The van der Waals surface area contributed by atoms with Crippen molar-refractivity contribution in [3.8, 4) is 67.5 Å². The van der Waals surface area contributed by atoms with Crippen LogP contribution in [0.1, 0.15) is 0 Å². The predicted molar refractivity (Wildman–Crippen MR) is 235 cm³/mol. The smallest absolute Gasteiger partial charge is 0.164 e. The Bertz CT molecular complexity index is 3300. The van der Waals surface area contributed by atoms with Crippen LogP contribution in [0.2, 0.25) is 0 Å². The average molecular weight is 728 g/mol.